The molecule has 12 atom stereocenters. The number of aryl methyl sites for hydroxylation is 2. The Balaban J connectivity index is 1.16. The lowest BCUT2D eigenvalue weighted by atomic mass is 9.86. The predicted molar refractivity (Wildman–Crippen MR) is 385 cm³/mol. The van der Waals surface area contributed by atoms with Crippen LogP contribution >= 0.6 is 0 Å². The number of aromatic amines is 1. The summed E-state index contributed by atoms with van der Waals surface area (Å²) in [7, 11) is 0. The molecule has 0 bridgehead atoms. The predicted octanol–water partition coefficient (Wildman–Crippen LogP) is -1.32. The zero-order valence-corrected chi connectivity index (χ0v) is 59.3. The third-order valence-electron chi connectivity index (χ3n) is 17.5. The Labute approximate surface area is 610 Å². The number of aliphatic hydroxyl groups is 3. The monoisotopic (exact) mass is 1460 g/mol. The lowest BCUT2D eigenvalue weighted by Gasteiger charge is -2.36. The van der Waals surface area contributed by atoms with Crippen LogP contribution in [-0.4, -0.2) is 198 Å². The molecule has 32 nitrogen and oxygen atoms in total. The Morgan fingerprint density at radius 3 is 1.57 bits per heavy atom. The number of primary amides is 1. The smallest absolute Gasteiger partial charge is 0.305 e. The maximum Gasteiger partial charge on any atom is 0.305 e. The standard InChI is InChI=1S/C74H92N14O18/c1-7-47-19-13-15-21-52(47)49-28-24-45(25-29-49)31-55(68(101)81-54(64(76)97)30-44-22-26-48(27-23-44)51-20-14-12-16-40(51)3)83-69(102)57(34-61(95)96)84-70(103)58(38-89)85-71(104)62(42(5)90)87-73(106)74(8-2,35-46-17-10-9-11-18-46)88-72(105)63(43(6)91)86-59(92)37-78-67(100)56(33-60(93)94)82-65(98)41(4)80-66(99)53(75)32-50-36-77-39-79-50/h9-29,36,39,41-43,53-58,62-63,89-91H,7-8,30-35,37-38,75H2,1-6H3,(H2,76,97)(H,77,79)(H,78,100)(H,80,99)(H,81,101)(H,82,98)(H,83,102)(H,84,103)(H,85,104)(H,86,92)(H,87,106)(H,88,105)(H,93,94)(H,95,96)/t41-,42+,43+,53-,54-,55-,56-,57-,58-,62-,63-,74-/m0/s1. The number of carboxylic acid groups (broad SMARTS) is 2. The van der Waals surface area contributed by atoms with Crippen LogP contribution in [0.5, 0.6) is 0 Å². The Kier molecular flexibility index (Phi) is 31.2. The van der Waals surface area contributed by atoms with Gasteiger partial charge in [-0.3, -0.25) is 62.3 Å². The van der Waals surface area contributed by atoms with Crippen molar-refractivity contribution in [3.8, 4) is 22.3 Å². The normalized spacial score (nSPS) is 14.8. The maximum atomic E-state index is 14.9. The van der Waals surface area contributed by atoms with Crippen molar-refractivity contribution in [1.29, 1.82) is 0 Å². The number of imidazole rings is 1. The van der Waals surface area contributed by atoms with E-state index in [1.54, 1.807) is 54.6 Å². The maximum absolute atomic E-state index is 14.9. The molecule has 20 N–H and O–H groups in total. The number of hydrogen-bond acceptors (Lipinski definition) is 18. The summed E-state index contributed by atoms with van der Waals surface area (Å²) in [5.41, 5.74) is 17.5. The number of aromatic nitrogens is 2. The molecule has 0 unspecified atom stereocenters. The number of H-pyrrole nitrogens is 1. The number of amides is 11. The van der Waals surface area contributed by atoms with Gasteiger partial charge in [0.05, 0.1) is 50.6 Å². The fraction of sp³-hybridized carbons (Fsp3) is 0.378. The minimum Gasteiger partial charge on any atom is -0.481 e. The first-order valence-electron chi connectivity index (χ1n) is 34.2. The van der Waals surface area contributed by atoms with E-state index in [9.17, 15) is 87.9 Å². The van der Waals surface area contributed by atoms with E-state index < -0.39 is 175 Å². The van der Waals surface area contributed by atoms with Gasteiger partial charge in [-0.15, -0.1) is 0 Å². The van der Waals surface area contributed by atoms with Gasteiger partial charge in [-0.1, -0.05) is 141 Å². The van der Waals surface area contributed by atoms with Crippen LogP contribution in [0.15, 0.2) is 140 Å². The first-order chi connectivity index (χ1) is 50.3. The number of nitrogens with zero attached hydrogens (tertiary/aromatic N) is 1. The fourth-order valence-electron chi connectivity index (χ4n) is 11.4. The fourth-order valence-corrected chi connectivity index (χ4v) is 11.4. The molecule has 6 aromatic rings. The van der Waals surface area contributed by atoms with Crippen molar-refractivity contribution in [2.45, 2.75) is 165 Å². The lowest BCUT2D eigenvalue weighted by molar-refractivity contribution is -0.142. The molecular formula is C74H92N14O18. The Morgan fingerprint density at radius 1 is 0.519 bits per heavy atom. The van der Waals surface area contributed by atoms with E-state index in [2.05, 4.69) is 63.1 Å². The third kappa shape index (κ3) is 24.5. The van der Waals surface area contributed by atoms with Gasteiger partial charge in [0.2, 0.25) is 65.0 Å². The van der Waals surface area contributed by atoms with Crippen LogP contribution in [0.1, 0.15) is 87.4 Å². The Hall–Kier alpha value is -11.7. The molecule has 0 saturated heterocycles. The van der Waals surface area contributed by atoms with E-state index in [-0.39, 0.29) is 32.1 Å². The molecule has 0 radical (unpaired) electrons. The van der Waals surface area contributed by atoms with Crippen LogP contribution in [0, 0.1) is 6.92 Å². The number of aliphatic hydroxyl groups excluding tert-OH is 3. The average Bonchev–Trinajstić information content (AvgIpc) is 0.817. The summed E-state index contributed by atoms with van der Waals surface area (Å²) in [5.74, 6) is -15.5. The number of nitrogens with two attached hydrogens (primary N) is 2. The van der Waals surface area contributed by atoms with Crippen molar-refractivity contribution >= 4 is 76.9 Å². The molecule has 0 saturated carbocycles. The highest BCUT2D eigenvalue weighted by Gasteiger charge is 2.44. The summed E-state index contributed by atoms with van der Waals surface area (Å²) in [6.45, 7) is 6.59. The Bertz CT molecular complexity index is 4070. The summed E-state index contributed by atoms with van der Waals surface area (Å²) < 4.78 is 0. The second kappa shape index (κ2) is 39.8. The molecule has 0 fully saturated rings. The van der Waals surface area contributed by atoms with Crippen molar-refractivity contribution in [2.75, 3.05) is 13.2 Å². The van der Waals surface area contributed by atoms with Crippen LogP contribution in [0.3, 0.4) is 0 Å². The number of rotatable bonds is 40. The van der Waals surface area contributed by atoms with Gasteiger partial charge in [0.1, 0.15) is 53.9 Å². The van der Waals surface area contributed by atoms with Gasteiger partial charge < -0.3 is 95.2 Å². The molecule has 0 aliphatic heterocycles. The number of nitrogens with one attached hydrogen (secondary N) is 11. The van der Waals surface area contributed by atoms with Gasteiger partial charge >= 0.3 is 11.9 Å². The number of carboxylic acids is 2. The Morgan fingerprint density at radius 2 is 1.02 bits per heavy atom. The zero-order valence-electron chi connectivity index (χ0n) is 59.3. The van der Waals surface area contributed by atoms with Gasteiger partial charge in [0.15, 0.2) is 0 Å². The number of aliphatic carboxylic acids is 2. The molecule has 11 amide bonds. The second-order valence-corrected chi connectivity index (χ2v) is 25.6. The highest BCUT2D eigenvalue weighted by atomic mass is 16.4. The topological polar surface area (TPSA) is 524 Å². The molecule has 566 valence electrons. The van der Waals surface area contributed by atoms with Crippen LogP contribution in [0.4, 0.5) is 0 Å². The zero-order chi connectivity index (χ0) is 77.9. The number of carbonyl (C=O) groups excluding carboxylic acids is 11. The molecule has 5 aromatic carbocycles. The summed E-state index contributed by atoms with van der Waals surface area (Å²) in [6.07, 6.45) is -3.17. The van der Waals surface area contributed by atoms with Gasteiger partial charge in [-0.05, 0) is 90.6 Å². The minimum atomic E-state index is -2.14. The summed E-state index contributed by atoms with van der Waals surface area (Å²) in [4.78, 5) is 183. The first-order valence-corrected chi connectivity index (χ1v) is 34.2. The van der Waals surface area contributed by atoms with Crippen LogP contribution < -0.4 is 64.6 Å². The van der Waals surface area contributed by atoms with Crippen molar-refractivity contribution in [2.24, 2.45) is 11.5 Å². The van der Waals surface area contributed by atoms with Crippen molar-refractivity contribution in [3.63, 3.8) is 0 Å². The molecule has 0 aliphatic rings. The van der Waals surface area contributed by atoms with Gasteiger partial charge in [-0.25, -0.2) is 4.98 Å². The molecule has 32 heteroatoms. The molecule has 0 spiro atoms. The molecule has 106 heavy (non-hydrogen) atoms. The minimum absolute atomic E-state index is 0.0206. The number of hydrogen-bond donors (Lipinski definition) is 18. The highest BCUT2D eigenvalue weighted by molar-refractivity contribution is 6.01. The summed E-state index contributed by atoms with van der Waals surface area (Å²) in [5, 5.41) is 75.7. The average molecular weight is 1470 g/mol. The number of carbonyl (C=O) groups is 13. The van der Waals surface area contributed by atoms with E-state index in [4.69, 9.17) is 11.5 Å². The van der Waals surface area contributed by atoms with Crippen LogP contribution in [0.25, 0.3) is 22.3 Å². The van der Waals surface area contributed by atoms with E-state index >= 15 is 0 Å². The van der Waals surface area contributed by atoms with Gasteiger partial charge in [0, 0.05) is 37.6 Å². The molecular weight excluding hydrogens is 1370 g/mol. The summed E-state index contributed by atoms with van der Waals surface area (Å²) in [6, 6.07) is 22.5. The highest BCUT2D eigenvalue weighted by Crippen LogP contribution is 2.27. The van der Waals surface area contributed by atoms with Crippen LogP contribution in [0.2, 0.25) is 0 Å². The first kappa shape index (κ1) is 83.2. The number of benzene rings is 5. The van der Waals surface area contributed by atoms with Crippen molar-refractivity contribution < 1.29 is 87.9 Å². The van der Waals surface area contributed by atoms with Crippen LogP contribution in [-0.2, 0) is 94.4 Å². The van der Waals surface area contributed by atoms with Gasteiger partial charge in [0.25, 0.3) is 0 Å². The largest absolute Gasteiger partial charge is 0.481 e. The quantitative estimate of drug-likeness (QED) is 0.0212. The van der Waals surface area contributed by atoms with Crippen molar-refractivity contribution in [1.82, 2.24) is 63.1 Å². The van der Waals surface area contributed by atoms with Gasteiger partial charge in [-0.2, -0.15) is 0 Å². The molecule has 6 rings (SSSR count). The second-order valence-electron chi connectivity index (χ2n) is 25.6. The third-order valence-corrected chi connectivity index (χ3v) is 17.5. The summed E-state index contributed by atoms with van der Waals surface area (Å²) >= 11 is 0. The SMILES string of the molecule is CCc1ccccc1-c1ccc(C[C@H](NC(=O)[C@H](CC(=O)O)NC(=O)[C@H](CO)NC(=O)[C@@H](NC(=O)[C@](CC)(Cc2ccccc2)NC(=O)[C@@H](NC(=O)CNC(=O)[C@H](CC(=O)O)NC(=O)[C@H](C)NC(=O)[C@@H](N)Cc2cnc[nH]2)[C@@H](C)O)[C@@H](C)O)C(=O)N[C@@H](Cc2ccc(-c3ccccc3C)cc2)C(N)=O)cc1. The molecule has 1 aromatic heterocycles. The van der Waals surface area contributed by atoms with E-state index in [0.29, 0.717) is 22.4 Å². The van der Waals surface area contributed by atoms with E-state index in [1.165, 1.54) is 26.4 Å². The molecule has 0 aliphatic carbocycles. The van der Waals surface area contributed by atoms with E-state index in [0.717, 1.165) is 53.6 Å². The lowest BCUT2D eigenvalue weighted by Crippen LogP contribution is -2.67. The van der Waals surface area contributed by atoms with E-state index in [1.807, 2.05) is 86.6 Å². The van der Waals surface area contributed by atoms with Crippen molar-refractivity contribution in [3.05, 3.63) is 173 Å². The molecule has 1 heterocycles.